The van der Waals surface area contributed by atoms with Crippen molar-refractivity contribution in [2.45, 2.75) is 31.9 Å². The molecule has 2 N–H and O–H groups in total. The standard InChI is InChI=1S/C22H26F3N3O4S/c1-32-18-11-15-10-16(21(29)26-8-3-9-28-33(2,30)31)13-27-20(15)19(12-18)14-4-6-17(7-5-14)22(23,24)25/h4,10-13,17,28H,3,5-9H2,1-2H3,(H,26,29)/t17-/m1/s1. The predicted molar refractivity (Wildman–Crippen MR) is 119 cm³/mol. The Balaban J connectivity index is 1.78. The Morgan fingerprint density at radius 3 is 2.61 bits per heavy atom. The first kappa shape index (κ1) is 25.0. The number of hydrogen-bond acceptors (Lipinski definition) is 5. The van der Waals surface area contributed by atoms with Gasteiger partial charge in [-0.1, -0.05) is 6.08 Å². The number of alkyl halides is 3. The minimum atomic E-state index is -4.21. The fourth-order valence-corrected chi connectivity index (χ4v) is 4.25. The molecule has 0 saturated heterocycles. The number of carbonyl (C=O) groups excluding carboxylic acids is 1. The highest BCUT2D eigenvalue weighted by molar-refractivity contribution is 7.88. The smallest absolute Gasteiger partial charge is 0.392 e. The van der Waals surface area contributed by atoms with E-state index in [-0.39, 0.29) is 38.3 Å². The molecule has 7 nitrogen and oxygen atoms in total. The summed E-state index contributed by atoms with van der Waals surface area (Å²) >= 11 is 0. The van der Waals surface area contributed by atoms with E-state index in [1.54, 1.807) is 24.3 Å². The van der Waals surface area contributed by atoms with Crippen LogP contribution in [-0.4, -0.2) is 51.9 Å². The minimum absolute atomic E-state index is 0.0166. The summed E-state index contributed by atoms with van der Waals surface area (Å²) in [5.41, 5.74) is 2.38. The van der Waals surface area contributed by atoms with Gasteiger partial charge in [0.15, 0.2) is 0 Å². The van der Waals surface area contributed by atoms with Gasteiger partial charge >= 0.3 is 6.18 Å². The van der Waals surface area contributed by atoms with Crippen molar-refractivity contribution < 1.29 is 31.1 Å². The monoisotopic (exact) mass is 485 g/mol. The molecule has 1 amide bonds. The van der Waals surface area contributed by atoms with Crippen molar-refractivity contribution in [3.63, 3.8) is 0 Å². The van der Waals surface area contributed by atoms with E-state index < -0.39 is 22.1 Å². The normalized spacial score (nSPS) is 17.0. The summed E-state index contributed by atoms with van der Waals surface area (Å²) in [5.74, 6) is -1.19. The first-order chi connectivity index (χ1) is 15.5. The van der Waals surface area contributed by atoms with Crippen LogP contribution >= 0.6 is 0 Å². The molecule has 0 bridgehead atoms. The number of nitrogens with zero attached hydrogens (tertiary/aromatic N) is 1. The largest absolute Gasteiger partial charge is 0.497 e. The van der Waals surface area contributed by atoms with Crippen LogP contribution in [0.25, 0.3) is 16.5 Å². The highest BCUT2D eigenvalue weighted by Gasteiger charge is 2.39. The Morgan fingerprint density at radius 1 is 1.24 bits per heavy atom. The Hall–Kier alpha value is -2.66. The van der Waals surface area contributed by atoms with Crippen LogP contribution in [0.4, 0.5) is 13.2 Å². The lowest BCUT2D eigenvalue weighted by molar-refractivity contribution is -0.175. The van der Waals surface area contributed by atoms with Crippen molar-refractivity contribution in [1.29, 1.82) is 0 Å². The van der Waals surface area contributed by atoms with Gasteiger partial charge in [-0.3, -0.25) is 9.78 Å². The van der Waals surface area contributed by atoms with Gasteiger partial charge in [-0.2, -0.15) is 13.2 Å². The molecule has 1 aliphatic rings. The van der Waals surface area contributed by atoms with Crippen LogP contribution in [0.5, 0.6) is 5.75 Å². The molecule has 1 aromatic heterocycles. The third-order valence-electron chi connectivity index (χ3n) is 5.48. The molecule has 33 heavy (non-hydrogen) atoms. The zero-order valence-electron chi connectivity index (χ0n) is 18.3. The van der Waals surface area contributed by atoms with Crippen LogP contribution in [0.15, 0.2) is 30.5 Å². The zero-order valence-corrected chi connectivity index (χ0v) is 19.1. The van der Waals surface area contributed by atoms with Crippen LogP contribution in [-0.2, 0) is 10.0 Å². The van der Waals surface area contributed by atoms with Gasteiger partial charge in [0, 0.05) is 30.2 Å². The molecule has 1 heterocycles. The molecule has 0 spiro atoms. The number of amides is 1. The first-order valence-electron chi connectivity index (χ1n) is 10.4. The van der Waals surface area contributed by atoms with Crippen LogP contribution < -0.4 is 14.8 Å². The number of methoxy groups -OCH3 is 1. The van der Waals surface area contributed by atoms with Gasteiger partial charge in [-0.25, -0.2) is 13.1 Å². The van der Waals surface area contributed by atoms with E-state index in [4.69, 9.17) is 4.74 Å². The van der Waals surface area contributed by atoms with E-state index >= 15 is 0 Å². The van der Waals surface area contributed by atoms with Crippen LogP contribution in [0.3, 0.4) is 0 Å². The number of benzene rings is 1. The molecule has 3 rings (SSSR count). The molecule has 0 saturated carbocycles. The highest BCUT2D eigenvalue weighted by atomic mass is 32.2. The van der Waals surface area contributed by atoms with Gasteiger partial charge in [-0.15, -0.1) is 0 Å². The number of rotatable bonds is 8. The van der Waals surface area contributed by atoms with Crippen LogP contribution in [0, 0.1) is 5.92 Å². The molecule has 0 radical (unpaired) electrons. The van der Waals surface area contributed by atoms with Gasteiger partial charge in [0.25, 0.3) is 5.91 Å². The SMILES string of the molecule is COc1cc(C2=CC[C@@H](C(F)(F)F)CC2)c2ncc(C(=O)NCCCNS(C)(=O)=O)cc2c1. The van der Waals surface area contributed by atoms with Crippen molar-refractivity contribution in [2.75, 3.05) is 26.5 Å². The molecule has 0 fully saturated rings. The number of aromatic nitrogens is 1. The molecule has 2 aromatic rings. The molecule has 1 aromatic carbocycles. The van der Waals surface area contributed by atoms with Gasteiger partial charge in [0.2, 0.25) is 10.0 Å². The molecule has 0 unspecified atom stereocenters. The summed E-state index contributed by atoms with van der Waals surface area (Å²) in [5, 5.41) is 3.35. The Kier molecular flexibility index (Phi) is 7.63. The second-order valence-electron chi connectivity index (χ2n) is 7.99. The van der Waals surface area contributed by atoms with Crippen molar-refractivity contribution in [3.8, 4) is 5.75 Å². The van der Waals surface area contributed by atoms with Crippen molar-refractivity contribution in [1.82, 2.24) is 15.0 Å². The topological polar surface area (TPSA) is 97.4 Å². The quantitative estimate of drug-likeness (QED) is 0.557. The highest BCUT2D eigenvalue weighted by Crippen LogP contribution is 2.41. The summed E-state index contributed by atoms with van der Waals surface area (Å²) in [6.07, 6.45) is 0.525. The maximum Gasteiger partial charge on any atom is 0.392 e. The van der Waals surface area contributed by atoms with E-state index in [1.807, 2.05) is 0 Å². The van der Waals surface area contributed by atoms with Crippen LogP contribution in [0.2, 0.25) is 0 Å². The Labute approximate surface area is 190 Å². The number of hydrogen-bond donors (Lipinski definition) is 2. The second-order valence-corrected chi connectivity index (χ2v) is 9.82. The van der Waals surface area contributed by atoms with Gasteiger partial charge in [-0.05, 0) is 49.5 Å². The average Bonchev–Trinajstić information content (AvgIpc) is 2.76. The van der Waals surface area contributed by atoms with Gasteiger partial charge in [0.05, 0.1) is 30.4 Å². The van der Waals surface area contributed by atoms with Crippen molar-refractivity contribution in [3.05, 3.63) is 41.6 Å². The molecular weight excluding hydrogens is 459 g/mol. The van der Waals surface area contributed by atoms with Crippen LogP contribution in [0.1, 0.15) is 41.6 Å². The third kappa shape index (κ3) is 6.67. The average molecular weight is 486 g/mol. The molecule has 0 aliphatic heterocycles. The lowest BCUT2D eigenvalue weighted by atomic mass is 9.85. The van der Waals surface area contributed by atoms with E-state index in [0.717, 1.165) is 11.8 Å². The van der Waals surface area contributed by atoms with E-state index in [2.05, 4.69) is 15.0 Å². The molecule has 1 aliphatic carbocycles. The van der Waals surface area contributed by atoms with Gasteiger partial charge < -0.3 is 10.1 Å². The fourth-order valence-electron chi connectivity index (χ4n) is 3.74. The number of halogens is 3. The minimum Gasteiger partial charge on any atom is -0.497 e. The maximum absolute atomic E-state index is 13.0. The fraction of sp³-hybridized carbons (Fsp3) is 0.455. The maximum atomic E-state index is 13.0. The molecule has 11 heteroatoms. The number of pyridine rings is 1. The third-order valence-corrected chi connectivity index (χ3v) is 6.21. The number of sulfonamides is 1. The summed E-state index contributed by atoms with van der Waals surface area (Å²) in [4.78, 5) is 16.9. The van der Waals surface area contributed by atoms with E-state index in [1.165, 1.54) is 13.3 Å². The summed E-state index contributed by atoms with van der Waals surface area (Å²) in [6.45, 7) is 0.482. The second kappa shape index (κ2) is 10.1. The van der Waals surface area contributed by atoms with Gasteiger partial charge in [0.1, 0.15) is 5.75 Å². The Bertz CT molecular complexity index is 1160. The Morgan fingerprint density at radius 2 is 2.00 bits per heavy atom. The predicted octanol–water partition coefficient (Wildman–Crippen LogP) is 3.66. The lowest BCUT2D eigenvalue weighted by Gasteiger charge is -2.24. The zero-order chi connectivity index (χ0) is 24.2. The molecule has 180 valence electrons. The number of carbonyl (C=O) groups is 1. The van der Waals surface area contributed by atoms with Crippen molar-refractivity contribution >= 4 is 32.4 Å². The molecule has 1 atom stereocenters. The number of nitrogens with one attached hydrogen (secondary N) is 2. The first-order valence-corrected chi connectivity index (χ1v) is 12.3. The number of fused-ring (bicyclic) bond motifs is 1. The number of ether oxygens (including phenoxy) is 1. The number of allylic oxidation sites excluding steroid dienone is 2. The summed E-state index contributed by atoms with van der Waals surface area (Å²) in [6, 6.07) is 5.13. The van der Waals surface area contributed by atoms with Crippen molar-refractivity contribution in [2.24, 2.45) is 5.92 Å². The summed E-state index contributed by atoms with van der Waals surface area (Å²) in [7, 11) is -1.78. The van der Waals surface area contributed by atoms with E-state index in [9.17, 15) is 26.4 Å². The molecular formula is C22H26F3N3O4S. The summed E-state index contributed by atoms with van der Waals surface area (Å²) < 4.78 is 68.9. The lowest BCUT2D eigenvalue weighted by Crippen LogP contribution is -2.29. The van der Waals surface area contributed by atoms with E-state index in [0.29, 0.717) is 34.2 Å².